The Hall–Kier alpha value is -1.87. The normalized spacial score (nSPS) is 10.6. The zero-order valence-electron chi connectivity index (χ0n) is 11.0. The fourth-order valence-corrected chi connectivity index (χ4v) is 2.22. The van der Waals surface area contributed by atoms with Gasteiger partial charge in [-0.1, -0.05) is 36.9 Å². The van der Waals surface area contributed by atoms with Crippen molar-refractivity contribution in [3.63, 3.8) is 0 Å². The van der Waals surface area contributed by atoms with Crippen molar-refractivity contribution in [2.75, 3.05) is 6.54 Å². The van der Waals surface area contributed by atoms with Gasteiger partial charge in [-0.15, -0.1) is 0 Å². The van der Waals surface area contributed by atoms with Crippen LogP contribution in [-0.2, 0) is 6.54 Å². The van der Waals surface area contributed by atoms with Gasteiger partial charge in [-0.25, -0.2) is 0 Å². The lowest BCUT2D eigenvalue weighted by Gasteiger charge is -2.06. The molecule has 0 unspecified atom stereocenters. The molecule has 1 aromatic carbocycles. The summed E-state index contributed by atoms with van der Waals surface area (Å²) in [6.45, 7) is 9.33. The van der Waals surface area contributed by atoms with Gasteiger partial charge in [0.2, 0.25) is 0 Å². The minimum atomic E-state index is 0.471. The molecule has 0 amide bonds. The molecule has 0 saturated carbocycles. The molecule has 0 spiro atoms. The number of nitrogens with two attached hydrogens (primary N) is 1. The second kappa shape index (κ2) is 5.19. The van der Waals surface area contributed by atoms with Crippen LogP contribution in [0.25, 0.3) is 5.57 Å². The van der Waals surface area contributed by atoms with E-state index < -0.39 is 0 Å². The lowest BCUT2D eigenvalue weighted by molar-refractivity contribution is 0.659. The second-order valence-electron chi connectivity index (χ2n) is 4.50. The Kier molecular flexibility index (Phi) is 3.63. The van der Waals surface area contributed by atoms with Crippen LogP contribution in [0.2, 0.25) is 0 Å². The summed E-state index contributed by atoms with van der Waals surface area (Å²) >= 11 is 0. The van der Waals surface area contributed by atoms with E-state index in [4.69, 9.17) is 5.73 Å². The Bertz CT molecular complexity index is 553. The third-order valence-electron chi connectivity index (χ3n) is 3.16. The smallest absolute Gasteiger partial charge is 0.0672 e. The van der Waals surface area contributed by atoms with E-state index in [0.29, 0.717) is 6.54 Å². The third kappa shape index (κ3) is 2.36. The molecule has 18 heavy (non-hydrogen) atoms. The maximum atomic E-state index is 5.67. The van der Waals surface area contributed by atoms with Crippen LogP contribution in [0.4, 0.5) is 0 Å². The molecule has 1 aromatic heterocycles. The van der Waals surface area contributed by atoms with Gasteiger partial charge in [-0.3, -0.25) is 4.68 Å². The van der Waals surface area contributed by atoms with E-state index in [0.717, 1.165) is 29.1 Å². The molecular formula is C15H19N3. The zero-order valence-corrected chi connectivity index (χ0v) is 11.0. The molecule has 0 aliphatic heterocycles. The first kappa shape index (κ1) is 12.6. The highest BCUT2D eigenvalue weighted by atomic mass is 15.3. The lowest BCUT2D eigenvalue weighted by Crippen LogP contribution is -2.05. The number of hydrogen-bond acceptors (Lipinski definition) is 2. The van der Waals surface area contributed by atoms with Crippen molar-refractivity contribution in [2.24, 2.45) is 5.73 Å². The van der Waals surface area contributed by atoms with Crippen molar-refractivity contribution in [1.82, 2.24) is 9.78 Å². The predicted molar refractivity (Wildman–Crippen MR) is 75.3 cm³/mol. The van der Waals surface area contributed by atoms with Gasteiger partial charge in [-0.05, 0) is 25.0 Å². The van der Waals surface area contributed by atoms with E-state index in [2.05, 4.69) is 30.7 Å². The van der Waals surface area contributed by atoms with Gasteiger partial charge in [0, 0.05) is 17.8 Å². The standard InChI is InChI=1S/C15H19N3/c1-11(9-16)15-12(2)17-18(13(15)3)10-14-7-5-4-6-8-14/h4-8H,1,9-10,16H2,2-3H3. The number of aromatic nitrogens is 2. The quantitative estimate of drug-likeness (QED) is 0.894. The molecule has 94 valence electrons. The Balaban J connectivity index is 2.33. The average Bonchev–Trinajstić information content (AvgIpc) is 2.65. The van der Waals surface area contributed by atoms with Crippen LogP contribution in [0.15, 0.2) is 36.9 Å². The van der Waals surface area contributed by atoms with Crippen molar-refractivity contribution in [2.45, 2.75) is 20.4 Å². The Labute approximate surface area is 108 Å². The zero-order chi connectivity index (χ0) is 13.1. The highest BCUT2D eigenvalue weighted by Gasteiger charge is 2.13. The molecule has 2 rings (SSSR count). The van der Waals surface area contributed by atoms with Crippen LogP contribution in [0.5, 0.6) is 0 Å². The van der Waals surface area contributed by atoms with Gasteiger partial charge in [0.05, 0.1) is 12.2 Å². The summed E-state index contributed by atoms with van der Waals surface area (Å²) in [6, 6.07) is 10.3. The van der Waals surface area contributed by atoms with Crippen molar-refractivity contribution >= 4 is 5.57 Å². The van der Waals surface area contributed by atoms with E-state index in [-0.39, 0.29) is 0 Å². The molecule has 0 fully saturated rings. The van der Waals surface area contributed by atoms with Gasteiger partial charge in [0.1, 0.15) is 0 Å². The van der Waals surface area contributed by atoms with Crippen LogP contribution in [0.3, 0.4) is 0 Å². The van der Waals surface area contributed by atoms with E-state index in [1.165, 1.54) is 5.56 Å². The predicted octanol–water partition coefficient (Wildman–Crippen LogP) is 2.52. The first-order valence-electron chi connectivity index (χ1n) is 6.09. The van der Waals surface area contributed by atoms with Gasteiger partial charge >= 0.3 is 0 Å². The van der Waals surface area contributed by atoms with E-state index >= 15 is 0 Å². The van der Waals surface area contributed by atoms with Gasteiger partial charge in [-0.2, -0.15) is 5.10 Å². The monoisotopic (exact) mass is 241 g/mol. The van der Waals surface area contributed by atoms with E-state index in [9.17, 15) is 0 Å². The van der Waals surface area contributed by atoms with Crippen LogP contribution in [-0.4, -0.2) is 16.3 Å². The first-order valence-corrected chi connectivity index (χ1v) is 6.09. The summed E-state index contributed by atoms with van der Waals surface area (Å²) in [5.74, 6) is 0. The molecule has 2 N–H and O–H groups in total. The number of nitrogens with zero attached hydrogens (tertiary/aromatic N) is 2. The summed E-state index contributed by atoms with van der Waals surface area (Å²) in [5, 5.41) is 4.57. The van der Waals surface area contributed by atoms with Crippen molar-refractivity contribution in [1.29, 1.82) is 0 Å². The topological polar surface area (TPSA) is 43.8 Å². The summed E-state index contributed by atoms with van der Waals surface area (Å²) in [5.41, 5.74) is 11.1. The Morgan fingerprint density at radius 1 is 1.28 bits per heavy atom. The Morgan fingerprint density at radius 3 is 2.56 bits per heavy atom. The number of rotatable bonds is 4. The molecule has 0 atom stereocenters. The molecule has 3 nitrogen and oxygen atoms in total. The van der Waals surface area contributed by atoms with E-state index in [1.807, 2.05) is 29.8 Å². The third-order valence-corrected chi connectivity index (χ3v) is 3.16. The number of benzene rings is 1. The minimum Gasteiger partial charge on any atom is -0.326 e. The fourth-order valence-electron chi connectivity index (χ4n) is 2.22. The summed E-state index contributed by atoms with van der Waals surface area (Å²) in [7, 11) is 0. The molecule has 0 aliphatic carbocycles. The van der Waals surface area contributed by atoms with Crippen LogP contribution in [0.1, 0.15) is 22.5 Å². The van der Waals surface area contributed by atoms with Crippen molar-refractivity contribution in [3.05, 3.63) is 59.4 Å². The van der Waals surface area contributed by atoms with Crippen LogP contribution in [0, 0.1) is 13.8 Å². The summed E-state index contributed by atoms with van der Waals surface area (Å²) < 4.78 is 2.01. The minimum absolute atomic E-state index is 0.471. The fraction of sp³-hybridized carbons (Fsp3) is 0.267. The Morgan fingerprint density at radius 2 is 1.94 bits per heavy atom. The van der Waals surface area contributed by atoms with Gasteiger partial charge < -0.3 is 5.73 Å². The van der Waals surface area contributed by atoms with Crippen LogP contribution < -0.4 is 5.73 Å². The second-order valence-corrected chi connectivity index (χ2v) is 4.50. The molecule has 1 heterocycles. The van der Waals surface area contributed by atoms with Gasteiger partial charge in [0.15, 0.2) is 0 Å². The SMILES string of the molecule is C=C(CN)c1c(C)nn(Cc2ccccc2)c1C. The van der Waals surface area contributed by atoms with Crippen molar-refractivity contribution in [3.8, 4) is 0 Å². The lowest BCUT2D eigenvalue weighted by atomic mass is 10.1. The molecule has 0 saturated heterocycles. The largest absolute Gasteiger partial charge is 0.326 e. The summed E-state index contributed by atoms with van der Waals surface area (Å²) in [6.07, 6.45) is 0. The first-order chi connectivity index (χ1) is 8.63. The highest BCUT2D eigenvalue weighted by Crippen LogP contribution is 2.21. The van der Waals surface area contributed by atoms with Crippen LogP contribution >= 0.6 is 0 Å². The average molecular weight is 241 g/mol. The number of hydrogen-bond donors (Lipinski definition) is 1. The molecular weight excluding hydrogens is 222 g/mol. The molecule has 0 radical (unpaired) electrons. The maximum absolute atomic E-state index is 5.67. The molecule has 0 bridgehead atoms. The molecule has 0 aliphatic rings. The maximum Gasteiger partial charge on any atom is 0.0672 e. The highest BCUT2D eigenvalue weighted by molar-refractivity contribution is 5.68. The van der Waals surface area contributed by atoms with Crippen molar-refractivity contribution < 1.29 is 0 Å². The molecule has 3 heteroatoms. The van der Waals surface area contributed by atoms with E-state index in [1.54, 1.807) is 0 Å². The number of aryl methyl sites for hydroxylation is 1. The van der Waals surface area contributed by atoms with Gasteiger partial charge in [0.25, 0.3) is 0 Å². The summed E-state index contributed by atoms with van der Waals surface area (Å²) in [4.78, 5) is 0. The molecule has 2 aromatic rings.